The third-order valence-corrected chi connectivity index (χ3v) is 4.13. The van der Waals surface area contributed by atoms with Crippen molar-refractivity contribution in [1.29, 1.82) is 0 Å². The van der Waals surface area contributed by atoms with Crippen LogP contribution in [0.4, 0.5) is 11.6 Å². The highest BCUT2D eigenvalue weighted by Crippen LogP contribution is 2.20. The molecule has 1 aromatic heterocycles. The van der Waals surface area contributed by atoms with Gasteiger partial charge in [0.15, 0.2) is 0 Å². The molecule has 1 aliphatic rings. The summed E-state index contributed by atoms with van der Waals surface area (Å²) < 4.78 is 0. The Balaban J connectivity index is 1.69. The third kappa shape index (κ3) is 3.26. The van der Waals surface area contributed by atoms with E-state index in [1.54, 1.807) is 6.92 Å². The smallest absolute Gasteiger partial charge is 0.339 e. The molecule has 0 saturated carbocycles. The molecular formula is C17H20N4O2. The number of benzene rings is 1. The number of carbonyl (C=O) groups is 1. The predicted molar refractivity (Wildman–Crippen MR) is 89.3 cm³/mol. The first-order valence-corrected chi connectivity index (χ1v) is 7.68. The number of piperazine rings is 1. The van der Waals surface area contributed by atoms with Gasteiger partial charge in [-0.3, -0.25) is 0 Å². The maximum absolute atomic E-state index is 11.0. The molecule has 1 aliphatic heterocycles. The number of rotatable bonds is 3. The summed E-state index contributed by atoms with van der Waals surface area (Å²) in [4.78, 5) is 24.0. The van der Waals surface area contributed by atoms with Crippen molar-refractivity contribution in [3.05, 3.63) is 47.3 Å². The van der Waals surface area contributed by atoms with Crippen LogP contribution < -0.4 is 9.80 Å². The van der Waals surface area contributed by atoms with E-state index in [2.05, 4.69) is 51.0 Å². The summed E-state index contributed by atoms with van der Waals surface area (Å²) in [7, 11) is 0. The maximum atomic E-state index is 11.0. The van der Waals surface area contributed by atoms with Crippen molar-refractivity contribution in [3.63, 3.8) is 0 Å². The van der Waals surface area contributed by atoms with Crippen LogP contribution >= 0.6 is 0 Å². The Kier molecular flexibility index (Phi) is 4.14. The molecule has 1 saturated heterocycles. The second kappa shape index (κ2) is 6.24. The van der Waals surface area contributed by atoms with E-state index in [4.69, 9.17) is 5.11 Å². The number of hydrogen-bond donors (Lipinski definition) is 1. The van der Waals surface area contributed by atoms with Crippen LogP contribution in [0.3, 0.4) is 0 Å². The Bertz CT molecular complexity index is 724. The number of aryl methyl sites for hydroxylation is 2. The third-order valence-electron chi connectivity index (χ3n) is 4.13. The second-order valence-corrected chi connectivity index (χ2v) is 5.79. The van der Waals surface area contributed by atoms with Crippen LogP contribution in [-0.4, -0.2) is 47.2 Å². The molecule has 0 radical (unpaired) electrons. The van der Waals surface area contributed by atoms with E-state index in [-0.39, 0.29) is 5.56 Å². The molecule has 3 rings (SSSR count). The molecule has 1 aromatic carbocycles. The largest absolute Gasteiger partial charge is 0.478 e. The van der Waals surface area contributed by atoms with Gasteiger partial charge >= 0.3 is 5.97 Å². The molecule has 6 nitrogen and oxygen atoms in total. The van der Waals surface area contributed by atoms with Gasteiger partial charge in [0.1, 0.15) is 0 Å². The highest BCUT2D eigenvalue weighted by Gasteiger charge is 2.20. The number of nitrogens with zero attached hydrogens (tertiary/aromatic N) is 4. The van der Waals surface area contributed by atoms with Gasteiger partial charge in [-0.2, -0.15) is 0 Å². The average molecular weight is 312 g/mol. The summed E-state index contributed by atoms with van der Waals surface area (Å²) in [6, 6.07) is 8.50. The van der Waals surface area contributed by atoms with Crippen LogP contribution in [0.25, 0.3) is 0 Å². The van der Waals surface area contributed by atoms with Gasteiger partial charge in [-0.15, -0.1) is 0 Å². The van der Waals surface area contributed by atoms with Crippen molar-refractivity contribution < 1.29 is 9.90 Å². The molecule has 0 bridgehead atoms. The second-order valence-electron chi connectivity index (χ2n) is 5.79. The lowest BCUT2D eigenvalue weighted by Gasteiger charge is -2.36. The fourth-order valence-electron chi connectivity index (χ4n) is 2.81. The number of carboxylic acid groups (broad SMARTS) is 1. The summed E-state index contributed by atoms with van der Waals surface area (Å²) in [5.74, 6) is -0.380. The lowest BCUT2D eigenvalue weighted by atomic mass is 10.2. The normalized spacial score (nSPS) is 14.9. The standard InChI is InChI=1S/C17H20N4O2/c1-12-4-3-5-14(10-12)20-6-8-21(9-7-20)17-18-11-15(16(22)23)13(2)19-17/h3-5,10-11H,6-9H2,1-2H3,(H,22,23). The van der Waals surface area contributed by atoms with Crippen molar-refractivity contribution in [2.45, 2.75) is 13.8 Å². The molecule has 0 atom stereocenters. The van der Waals surface area contributed by atoms with Gasteiger partial charge in [0.25, 0.3) is 0 Å². The molecule has 0 amide bonds. The fourth-order valence-corrected chi connectivity index (χ4v) is 2.81. The van der Waals surface area contributed by atoms with Crippen LogP contribution in [0.1, 0.15) is 21.6 Å². The molecule has 6 heteroatoms. The zero-order valence-electron chi connectivity index (χ0n) is 13.4. The number of aromatic nitrogens is 2. The molecule has 1 N–H and O–H groups in total. The van der Waals surface area contributed by atoms with Gasteiger partial charge in [-0.25, -0.2) is 14.8 Å². The van der Waals surface area contributed by atoms with Gasteiger partial charge in [0.2, 0.25) is 5.95 Å². The molecule has 2 heterocycles. The molecule has 0 unspecified atom stereocenters. The number of hydrogen-bond acceptors (Lipinski definition) is 5. The Labute approximate surface area is 135 Å². The Hall–Kier alpha value is -2.63. The van der Waals surface area contributed by atoms with E-state index in [0.29, 0.717) is 11.6 Å². The monoisotopic (exact) mass is 312 g/mol. The molecule has 0 aliphatic carbocycles. The molecular weight excluding hydrogens is 292 g/mol. The first kappa shape index (κ1) is 15.3. The summed E-state index contributed by atoms with van der Waals surface area (Å²) in [5, 5.41) is 9.05. The highest BCUT2D eigenvalue weighted by molar-refractivity contribution is 5.88. The lowest BCUT2D eigenvalue weighted by Crippen LogP contribution is -2.47. The topological polar surface area (TPSA) is 69.6 Å². The molecule has 120 valence electrons. The lowest BCUT2D eigenvalue weighted by molar-refractivity contribution is 0.0695. The first-order valence-electron chi connectivity index (χ1n) is 7.68. The molecule has 23 heavy (non-hydrogen) atoms. The Morgan fingerprint density at radius 3 is 2.43 bits per heavy atom. The number of carboxylic acids is 1. The maximum Gasteiger partial charge on any atom is 0.339 e. The summed E-state index contributed by atoms with van der Waals surface area (Å²) in [5.41, 5.74) is 3.16. The van der Waals surface area contributed by atoms with E-state index in [0.717, 1.165) is 26.2 Å². The van der Waals surface area contributed by atoms with E-state index < -0.39 is 5.97 Å². The van der Waals surface area contributed by atoms with Crippen LogP contribution in [-0.2, 0) is 0 Å². The summed E-state index contributed by atoms with van der Waals surface area (Å²) >= 11 is 0. The Morgan fingerprint density at radius 1 is 1.13 bits per heavy atom. The SMILES string of the molecule is Cc1cccc(N2CCN(c3ncc(C(=O)O)c(C)n3)CC2)c1. The van der Waals surface area contributed by atoms with Crippen LogP contribution in [0.5, 0.6) is 0 Å². The van der Waals surface area contributed by atoms with E-state index in [9.17, 15) is 4.79 Å². The summed E-state index contributed by atoms with van der Waals surface area (Å²) in [6.07, 6.45) is 1.40. The van der Waals surface area contributed by atoms with Gasteiger partial charge in [0.05, 0.1) is 11.3 Å². The number of aromatic carboxylic acids is 1. The highest BCUT2D eigenvalue weighted by atomic mass is 16.4. The molecule has 1 fully saturated rings. The van der Waals surface area contributed by atoms with Gasteiger partial charge in [-0.1, -0.05) is 12.1 Å². The van der Waals surface area contributed by atoms with Gasteiger partial charge < -0.3 is 14.9 Å². The first-order chi connectivity index (χ1) is 11.0. The zero-order valence-corrected chi connectivity index (χ0v) is 13.4. The Morgan fingerprint density at radius 2 is 1.83 bits per heavy atom. The van der Waals surface area contributed by atoms with Crippen molar-refractivity contribution in [2.75, 3.05) is 36.0 Å². The van der Waals surface area contributed by atoms with Gasteiger partial charge in [-0.05, 0) is 31.5 Å². The fraction of sp³-hybridized carbons (Fsp3) is 0.353. The van der Waals surface area contributed by atoms with E-state index in [1.807, 2.05) is 0 Å². The van der Waals surface area contributed by atoms with Crippen LogP contribution in [0, 0.1) is 13.8 Å². The van der Waals surface area contributed by atoms with E-state index >= 15 is 0 Å². The molecule has 2 aromatic rings. The van der Waals surface area contributed by atoms with Crippen molar-refractivity contribution in [2.24, 2.45) is 0 Å². The predicted octanol–water partition coefficient (Wildman–Crippen LogP) is 2.12. The summed E-state index contributed by atoms with van der Waals surface area (Å²) in [6.45, 7) is 7.23. The minimum absolute atomic E-state index is 0.159. The minimum atomic E-state index is -0.988. The van der Waals surface area contributed by atoms with Gasteiger partial charge in [0, 0.05) is 38.1 Å². The van der Waals surface area contributed by atoms with E-state index in [1.165, 1.54) is 17.4 Å². The quantitative estimate of drug-likeness (QED) is 0.936. The van der Waals surface area contributed by atoms with Crippen molar-refractivity contribution in [1.82, 2.24) is 9.97 Å². The number of anilines is 2. The van der Waals surface area contributed by atoms with Crippen molar-refractivity contribution in [3.8, 4) is 0 Å². The molecule has 0 spiro atoms. The van der Waals surface area contributed by atoms with Crippen LogP contribution in [0.15, 0.2) is 30.5 Å². The van der Waals surface area contributed by atoms with Crippen molar-refractivity contribution >= 4 is 17.6 Å². The minimum Gasteiger partial charge on any atom is -0.478 e. The average Bonchev–Trinajstić information content (AvgIpc) is 2.54. The van der Waals surface area contributed by atoms with Crippen LogP contribution in [0.2, 0.25) is 0 Å². The zero-order chi connectivity index (χ0) is 16.4.